The topological polar surface area (TPSA) is 155 Å². The van der Waals surface area contributed by atoms with E-state index in [0.29, 0.717) is 17.3 Å². The van der Waals surface area contributed by atoms with Gasteiger partial charge in [0.15, 0.2) is 17.3 Å². The molecule has 47 heavy (non-hydrogen) atoms. The molecular formula is C32H35F3N4O7S. The Morgan fingerprint density at radius 2 is 1.83 bits per heavy atom. The molecule has 0 bridgehead atoms. The van der Waals surface area contributed by atoms with Crippen LogP contribution in [0, 0.1) is 5.92 Å². The highest BCUT2D eigenvalue weighted by atomic mass is 32.2. The Morgan fingerprint density at radius 1 is 1.06 bits per heavy atom. The summed E-state index contributed by atoms with van der Waals surface area (Å²) in [6.45, 7) is 0.205. The van der Waals surface area contributed by atoms with Crippen LogP contribution >= 0.6 is 0 Å². The fourth-order valence-electron chi connectivity index (χ4n) is 6.17. The second-order valence-corrected chi connectivity index (χ2v) is 13.6. The molecule has 15 heteroatoms. The van der Waals surface area contributed by atoms with Gasteiger partial charge in [0.2, 0.25) is 5.04 Å². The Kier molecular flexibility index (Phi) is 10.4. The van der Waals surface area contributed by atoms with Crippen LogP contribution in [0.1, 0.15) is 73.9 Å². The number of nitrogens with one attached hydrogen (secondary N) is 2. The minimum Gasteiger partial charge on any atom is -0.451 e. The number of hydrogen-bond acceptors (Lipinski definition) is 9. The fourth-order valence-corrected chi connectivity index (χ4v) is 7.84. The first-order valence-electron chi connectivity index (χ1n) is 15.5. The van der Waals surface area contributed by atoms with Crippen molar-refractivity contribution in [3.8, 4) is 11.3 Å². The van der Waals surface area contributed by atoms with Gasteiger partial charge in [0, 0.05) is 18.2 Å². The molecule has 3 aliphatic rings. The van der Waals surface area contributed by atoms with Gasteiger partial charge in [0.1, 0.15) is 17.8 Å². The summed E-state index contributed by atoms with van der Waals surface area (Å²) in [5.41, 5.74) is -0.838. The van der Waals surface area contributed by atoms with Gasteiger partial charge < -0.3 is 15.1 Å². The molecule has 1 aliphatic carbocycles. The lowest BCUT2D eigenvalue weighted by atomic mass is 9.84. The number of halogens is 3. The lowest BCUT2D eigenvalue weighted by molar-refractivity contribution is -0.137. The van der Waals surface area contributed by atoms with Gasteiger partial charge in [-0.15, -0.1) is 0 Å². The number of ketones is 2. The Balaban J connectivity index is 1.49. The first-order valence-corrected chi connectivity index (χ1v) is 17.0. The van der Waals surface area contributed by atoms with Gasteiger partial charge in [-0.2, -0.15) is 21.6 Å². The number of sulfonamides is 1. The van der Waals surface area contributed by atoms with Crippen molar-refractivity contribution in [2.75, 3.05) is 13.1 Å². The highest BCUT2D eigenvalue weighted by Crippen LogP contribution is 2.33. The minimum atomic E-state index is -4.94. The van der Waals surface area contributed by atoms with Crippen molar-refractivity contribution < 1.29 is 45.2 Å². The van der Waals surface area contributed by atoms with Gasteiger partial charge in [-0.3, -0.25) is 19.2 Å². The number of furan rings is 1. The predicted molar refractivity (Wildman–Crippen MR) is 164 cm³/mol. The van der Waals surface area contributed by atoms with E-state index in [1.54, 1.807) is 0 Å². The summed E-state index contributed by atoms with van der Waals surface area (Å²) in [6, 6.07) is 4.04. The van der Waals surface area contributed by atoms with Crippen LogP contribution in [0.3, 0.4) is 0 Å². The third kappa shape index (κ3) is 7.89. The number of amides is 2. The fraction of sp³-hybridized carbons (Fsp3) is 0.469. The Morgan fingerprint density at radius 3 is 2.55 bits per heavy atom. The zero-order valence-corrected chi connectivity index (χ0v) is 26.2. The third-order valence-electron chi connectivity index (χ3n) is 8.55. The third-order valence-corrected chi connectivity index (χ3v) is 10.3. The van der Waals surface area contributed by atoms with Crippen molar-refractivity contribution in [1.29, 1.82) is 0 Å². The molecule has 1 aromatic carbocycles. The van der Waals surface area contributed by atoms with Crippen LogP contribution in [-0.4, -0.2) is 66.3 Å². The number of hydrogen-bond donors (Lipinski definition) is 2. The average molecular weight is 677 g/mol. The lowest BCUT2D eigenvalue weighted by Crippen LogP contribution is -2.58. The zero-order valence-electron chi connectivity index (χ0n) is 25.4. The molecule has 1 unspecified atom stereocenters. The molecule has 2 amide bonds. The molecule has 2 aromatic rings. The van der Waals surface area contributed by atoms with E-state index in [2.05, 4.69) is 15.6 Å². The number of nitrogens with zero attached hydrogens (tertiary/aromatic N) is 2. The smallest absolute Gasteiger partial charge is 0.416 e. The number of Topliss-reactive ketones (excluding diaryl/α,β-unsaturated/α-hetero) is 2. The Bertz CT molecular complexity index is 1690. The molecule has 2 atom stereocenters. The quantitative estimate of drug-likeness (QED) is 0.438. The molecule has 1 aromatic heterocycles. The predicted octanol–water partition coefficient (Wildman–Crippen LogP) is 4.40. The van der Waals surface area contributed by atoms with E-state index in [1.807, 2.05) is 0 Å². The van der Waals surface area contributed by atoms with E-state index in [-0.39, 0.29) is 48.8 Å². The molecular weight excluding hydrogens is 641 g/mol. The normalized spacial score (nSPS) is 20.3. The lowest BCUT2D eigenvalue weighted by Gasteiger charge is -2.34. The molecule has 0 spiro atoms. The van der Waals surface area contributed by atoms with E-state index in [0.717, 1.165) is 50.4 Å². The second-order valence-electron chi connectivity index (χ2n) is 11.9. The second kappa shape index (κ2) is 14.3. The average Bonchev–Trinajstić information content (AvgIpc) is 3.45. The molecule has 252 valence electrons. The highest BCUT2D eigenvalue weighted by Gasteiger charge is 2.46. The first-order chi connectivity index (χ1) is 22.4. The molecule has 1 saturated heterocycles. The number of carbonyl (C=O) groups excluding carboxylic acids is 4. The summed E-state index contributed by atoms with van der Waals surface area (Å²) < 4.78 is 73.9. The van der Waals surface area contributed by atoms with Crippen LogP contribution in [-0.2, 0) is 30.6 Å². The van der Waals surface area contributed by atoms with Crippen molar-refractivity contribution >= 4 is 38.4 Å². The van der Waals surface area contributed by atoms with Gasteiger partial charge in [-0.25, -0.2) is 9.30 Å². The summed E-state index contributed by atoms with van der Waals surface area (Å²) in [5.74, 6) is -3.80. The maximum absolute atomic E-state index is 14.4. The summed E-state index contributed by atoms with van der Waals surface area (Å²) in [5, 5.41) is 4.62. The number of carbonyl (C=O) groups is 4. The number of alkyl halides is 3. The summed E-state index contributed by atoms with van der Waals surface area (Å²) in [6.07, 6.45) is 2.29. The molecule has 0 radical (unpaired) electrons. The minimum absolute atomic E-state index is 0.00323. The maximum atomic E-state index is 14.4. The maximum Gasteiger partial charge on any atom is 0.416 e. The number of benzene rings is 1. The van der Waals surface area contributed by atoms with Gasteiger partial charge in [0.05, 0.1) is 12.1 Å². The Hall–Kier alpha value is -4.11. The SMILES string of the molecule is O=C1CC=CN=C1S(=O)(=O)N(C(=O)C(CC1CCCCC1)NC(=O)c1ccc(-c2cccc(C(F)(F)F)c2)o1)[C@H]1CCCNCC1=O. The largest absolute Gasteiger partial charge is 0.451 e. The van der Waals surface area contributed by atoms with Crippen molar-refractivity contribution in [3.05, 3.63) is 60.0 Å². The summed E-state index contributed by atoms with van der Waals surface area (Å²) in [4.78, 5) is 57.7. The molecule has 2 aliphatic heterocycles. The molecule has 5 rings (SSSR count). The van der Waals surface area contributed by atoms with Crippen LogP contribution < -0.4 is 10.6 Å². The molecule has 2 fully saturated rings. The monoisotopic (exact) mass is 676 g/mol. The van der Waals surface area contributed by atoms with Gasteiger partial charge >= 0.3 is 6.18 Å². The molecule has 1 saturated carbocycles. The molecule has 2 N–H and O–H groups in total. The van der Waals surface area contributed by atoms with Crippen LogP contribution in [0.15, 0.2) is 58.1 Å². The van der Waals surface area contributed by atoms with Gasteiger partial charge in [-0.1, -0.05) is 50.3 Å². The van der Waals surface area contributed by atoms with Gasteiger partial charge in [-0.05, 0) is 56.0 Å². The summed E-state index contributed by atoms with van der Waals surface area (Å²) >= 11 is 0. The van der Waals surface area contributed by atoms with Crippen molar-refractivity contribution in [2.24, 2.45) is 10.9 Å². The van der Waals surface area contributed by atoms with Crippen molar-refractivity contribution in [2.45, 2.75) is 76.0 Å². The number of allylic oxidation sites excluding steroid dienone is 1. The molecule has 3 heterocycles. The van der Waals surface area contributed by atoms with E-state index >= 15 is 0 Å². The van der Waals surface area contributed by atoms with Crippen LogP contribution in [0.4, 0.5) is 13.2 Å². The van der Waals surface area contributed by atoms with Crippen molar-refractivity contribution in [3.63, 3.8) is 0 Å². The zero-order chi connectivity index (χ0) is 33.8. The van der Waals surface area contributed by atoms with Crippen LogP contribution in [0.2, 0.25) is 0 Å². The number of rotatable bonds is 7. The van der Waals surface area contributed by atoms with E-state index in [1.165, 1.54) is 30.3 Å². The Labute approximate surface area is 269 Å². The van der Waals surface area contributed by atoms with E-state index in [4.69, 9.17) is 4.42 Å². The highest BCUT2D eigenvalue weighted by molar-refractivity contribution is 8.06. The van der Waals surface area contributed by atoms with Crippen LogP contribution in [0.5, 0.6) is 0 Å². The molecule has 11 nitrogen and oxygen atoms in total. The number of aliphatic imine (C=N–C) groups is 1. The van der Waals surface area contributed by atoms with Gasteiger partial charge in [0.25, 0.3) is 21.8 Å². The standard InChI is InChI=1S/C32H35F3N4O7S/c33-32(34,35)22-10-4-9-21(18-22)27-13-14-28(46-27)29(42)38-23(17-20-7-2-1-3-8-20)31(43)39(24-11-5-15-36-19-26(24)41)47(44,45)30-25(40)12-6-16-37-30/h4,6,9-10,13-14,16,18,20,23-24,36H,1-3,5,7-8,11-12,15,17,19H2,(H,38,42)/t23?,24-/m0/s1. The summed E-state index contributed by atoms with van der Waals surface area (Å²) in [7, 11) is -4.94. The van der Waals surface area contributed by atoms with E-state index in [9.17, 15) is 40.8 Å². The van der Waals surface area contributed by atoms with E-state index < -0.39 is 62.3 Å². The first kappa shape index (κ1) is 34.2. The van der Waals surface area contributed by atoms with Crippen LogP contribution in [0.25, 0.3) is 11.3 Å². The van der Waals surface area contributed by atoms with Crippen molar-refractivity contribution in [1.82, 2.24) is 14.9 Å².